The maximum Gasteiger partial charge on any atom is 0.227 e. The van der Waals surface area contributed by atoms with E-state index in [-0.39, 0.29) is 11.9 Å². The van der Waals surface area contributed by atoms with Crippen LogP contribution in [0.3, 0.4) is 0 Å². The lowest BCUT2D eigenvalue weighted by atomic mass is 10.0. The predicted octanol–water partition coefficient (Wildman–Crippen LogP) is 3.83. The molecule has 4 rings (SSSR count). The summed E-state index contributed by atoms with van der Waals surface area (Å²) in [5.74, 6) is 1.89. The molecule has 5 heteroatoms. The van der Waals surface area contributed by atoms with Gasteiger partial charge in [0.25, 0.3) is 0 Å². The molecule has 2 aromatic rings. The SMILES string of the molecule is CCC(NCc1ccc(N2CCCC2=O)cc1)c1ccc2c(c1)OCCO2. The van der Waals surface area contributed by atoms with Gasteiger partial charge in [-0.15, -0.1) is 0 Å². The lowest BCUT2D eigenvalue weighted by Crippen LogP contribution is -2.24. The Bertz CT molecular complexity index is 804. The second-order valence-corrected chi connectivity index (χ2v) is 7.06. The second-order valence-electron chi connectivity index (χ2n) is 7.06. The molecule has 2 heterocycles. The molecular formula is C22H26N2O3. The third kappa shape index (κ3) is 3.93. The molecule has 1 atom stereocenters. The predicted molar refractivity (Wildman–Crippen MR) is 105 cm³/mol. The van der Waals surface area contributed by atoms with Crippen molar-refractivity contribution in [3.05, 3.63) is 53.6 Å². The van der Waals surface area contributed by atoms with E-state index in [1.807, 2.05) is 23.1 Å². The fourth-order valence-corrected chi connectivity index (χ4v) is 3.73. The van der Waals surface area contributed by atoms with Crippen LogP contribution in [0, 0.1) is 0 Å². The van der Waals surface area contributed by atoms with Crippen molar-refractivity contribution in [1.29, 1.82) is 0 Å². The molecule has 0 aromatic heterocycles. The van der Waals surface area contributed by atoms with Gasteiger partial charge in [0.1, 0.15) is 13.2 Å². The summed E-state index contributed by atoms with van der Waals surface area (Å²) in [6, 6.07) is 14.7. The van der Waals surface area contributed by atoms with Crippen molar-refractivity contribution in [3.63, 3.8) is 0 Å². The van der Waals surface area contributed by atoms with Crippen LogP contribution in [0.25, 0.3) is 0 Å². The molecule has 1 unspecified atom stereocenters. The van der Waals surface area contributed by atoms with Crippen LogP contribution < -0.4 is 19.7 Å². The van der Waals surface area contributed by atoms with Crippen LogP contribution in [0.5, 0.6) is 11.5 Å². The molecule has 142 valence electrons. The Kier molecular flexibility index (Phi) is 5.30. The first-order valence-electron chi connectivity index (χ1n) is 9.77. The minimum Gasteiger partial charge on any atom is -0.486 e. The van der Waals surface area contributed by atoms with Crippen molar-refractivity contribution < 1.29 is 14.3 Å². The molecule has 1 saturated heterocycles. The van der Waals surface area contributed by atoms with Gasteiger partial charge in [-0.05, 0) is 48.2 Å². The molecule has 1 amide bonds. The first-order valence-corrected chi connectivity index (χ1v) is 9.77. The summed E-state index contributed by atoms with van der Waals surface area (Å²) in [6.07, 6.45) is 2.60. The maximum atomic E-state index is 11.9. The van der Waals surface area contributed by atoms with E-state index in [4.69, 9.17) is 9.47 Å². The maximum absolute atomic E-state index is 11.9. The van der Waals surface area contributed by atoms with Crippen molar-refractivity contribution in [2.45, 2.75) is 38.8 Å². The minimum absolute atomic E-state index is 0.227. The summed E-state index contributed by atoms with van der Waals surface area (Å²) in [5.41, 5.74) is 3.42. The highest BCUT2D eigenvalue weighted by Gasteiger charge is 2.21. The lowest BCUT2D eigenvalue weighted by molar-refractivity contribution is -0.117. The molecule has 5 nitrogen and oxygen atoms in total. The highest BCUT2D eigenvalue weighted by Crippen LogP contribution is 2.33. The Morgan fingerprint density at radius 1 is 1.07 bits per heavy atom. The van der Waals surface area contributed by atoms with Crippen LogP contribution >= 0.6 is 0 Å². The molecule has 1 fully saturated rings. The zero-order valence-electron chi connectivity index (χ0n) is 15.7. The van der Waals surface area contributed by atoms with E-state index in [0.717, 1.165) is 43.1 Å². The topological polar surface area (TPSA) is 50.8 Å². The molecule has 2 aliphatic heterocycles. The van der Waals surface area contributed by atoms with Gasteiger partial charge in [0.15, 0.2) is 11.5 Å². The van der Waals surface area contributed by atoms with Crippen molar-refractivity contribution in [3.8, 4) is 11.5 Å². The third-order valence-corrected chi connectivity index (χ3v) is 5.25. The Hall–Kier alpha value is -2.53. The lowest BCUT2D eigenvalue weighted by Gasteiger charge is -2.22. The number of hydrogen-bond donors (Lipinski definition) is 1. The second kappa shape index (κ2) is 8.01. The molecule has 2 aromatic carbocycles. The van der Waals surface area contributed by atoms with E-state index in [1.54, 1.807) is 0 Å². The summed E-state index contributed by atoms with van der Waals surface area (Å²) in [4.78, 5) is 13.7. The highest BCUT2D eigenvalue weighted by molar-refractivity contribution is 5.95. The number of carbonyl (C=O) groups excluding carboxylic acids is 1. The van der Waals surface area contributed by atoms with Crippen LogP contribution in [0.4, 0.5) is 5.69 Å². The number of benzene rings is 2. The van der Waals surface area contributed by atoms with Crippen molar-refractivity contribution in [1.82, 2.24) is 5.32 Å². The number of anilines is 1. The summed E-state index contributed by atoms with van der Waals surface area (Å²) in [6.45, 7) is 5.00. The zero-order valence-corrected chi connectivity index (χ0v) is 15.7. The number of carbonyl (C=O) groups is 1. The van der Waals surface area contributed by atoms with Gasteiger partial charge in [0.2, 0.25) is 5.91 Å². The largest absolute Gasteiger partial charge is 0.486 e. The van der Waals surface area contributed by atoms with Crippen LogP contribution in [0.1, 0.15) is 43.4 Å². The van der Waals surface area contributed by atoms with Crippen LogP contribution in [0.2, 0.25) is 0 Å². The summed E-state index contributed by atoms with van der Waals surface area (Å²) < 4.78 is 11.3. The third-order valence-electron chi connectivity index (χ3n) is 5.25. The van der Waals surface area contributed by atoms with Crippen molar-refractivity contribution in [2.24, 2.45) is 0 Å². The smallest absolute Gasteiger partial charge is 0.227 e. The molecule has 27 heavy (non-hydrogen) atoms. The van der Waals surface area contributed by atoms with E-state index >= 15 is 0 Å². The number of hydrogen-bond acceptors (Lipinski definition) is 4. The van der Waals surface area contributed by atoms with Gasteiger partial charge < -0.3 is 19.7 Å². The standard InChI is InChI=1S/C22H26N2O3/c1-2-19(17-7-10-20-21(14-17)27-13-12-26-20)23-15-16-5-8-18(9-6-16)24-11-3-4-22(24)25/h5-10,14,19,23H,2-4,11-13,15H2,1H3. The fraction of sp³-hybridized carbons (Fsp3) is 0.409. The molecule has 0 spiro atoms. The van der Waals surface area contributed by atoms with E-state index < -0.39 is 0 Å². The minimum atomic E-state index is 0.227. The Morgan fingerprint density at radius 2 is 1.85 bits per heavy atom. The van der Waals surface area contributed by atoms with Crippen molar-refractivity contribution in [2.75, 3.05) is 24.7 Å². The van der Waals surface area contributed by atoms with Crippen molar-refractivity contribution >= 4 is 11.6 Å². The average Bonchev–Trinajstić information content (AvgIpc) is 3.15. The van der Waals surface area contributed by atoms with Crippen LogP contribution in [-0.4, -0.2) is 25.7 Å². The van der Waals surface area contributed by atoms with Gasteiger partial charge >= 0.3 is 0 Å². The van der Waals surface area contributed by atoms with Gasteiger partial charge in [-0.2, -0.15) is 0 Å². The Balaban J connectivity index is 1.40. The van der Waals surface area contributed by atoms with E-state index in [0.29, 0.717) is 19.6 Å². The number of nitrogens with one attached hydrogen (secondary N) is 1. The van der Waals surface area contributed by atoms with Crippen LogP contribution in [-0.2, 0) is 11.3 Å². The van der Waals surface area contributed by atoms with E-state index in [9.17, 15) is 4.79 Å². The summed E-state index contributed by atoms with van der Waals surface area (Å²) in [7, 11) is 0. The van der Waals surface area contributed by atoms with Crippen LogP contribution in [0.15, 0.2) is 42.5 Å². The number of nitrogens with zero attached hydrogens (tertiary/aromatic N) is 1. The number of amides is 1. The number of fused-ring (bicyclic) bond motifs is 1. The molecule has 0 saturated carbocycles. The molecule has 0 bridgehead atoms. The molecule has 1 N–H and O–H groups in total. The van der Waals surface area contributed by atoms with E-state index in [2.05, 4.69) is 36.5 Å². The first kappa shape index (κ1) is 17.9. The Morgan fingerprint density at radius 3 is 2.56 bits per heavy atom. The molecule has 2 aliphatic rings. The quantitative estimate of drug-likeness (QED) is 0.844. The summed E-state index contributed by atoms with van der Waals surface area (Å²) in [5, 5.41) is 3.63. The van der Waals surface area contributed by atoms with Gasteiger partial charge in [-0.1, -0.05) is 25.1 Å². The van der Waals surface area contributed by atoms with Gasteiger partial charge in [-0.25, -0.2) is 0 Å². The van der Waals surface area contributed by atoms with E-state index in [1.165, 1.54) is 11.1 Å². The average molecular weight is 366 g/mol. The zero-order chi connectivity index (χ0) is 18.6. The highest BCUT2D eigenvalue weighted by atomic mass is 16.6. The number of ether oxygens (including phenoxy) is 2. The molecule has 0 radical (unpaired) electrons. The molecule has 0 aliphatic carbocycles. The normalized spacial score (nSPS) is 17.2. The van der Waals surface area contributed by atoms with Gasteiger partial charge in [0, 0.05) is 31.2 Å². The monoisotopic (exact) mass is 366 g/mol. The number of rotatable bonds is 6. The fourth-order valence-electron chi connectivity index (χ4n) is 3.73. The van der Waals surface area contributed by atoms with Gasteiger partial charge in [0.05, 0.1) is 0 Å². The first-order chi connectivity index (χ1) is 13.2. The van der Waals surface area contributed by atoms with Gasteiger partial charge in [-0.3, -0.25) is 4.79 Å². The molecular weight excluding hydrogens is 340 g/mol. The Labute approximate surface area is 160 Å². The summed E-state index contributed by atoms with van der Waals surface area (Å²) >= 11 is 0.